The van der Waals surface area contributed by atoms with Crippen molar-refractivity contribution in [3.63, 3.8) is 0 Å². The van der Waals surface area contributed by atoms with E-state index < -0.39 is 0 Å². The first-order chi connectivity index (χ1) is 9.80. The van der Waals surface area contributed by atoms with Gasteiger partial charge in [0.1, 0.15) is 0 Å². The Bertz CT molecular complexity index is 549. The molecule has 1 aliphatic rings. The third-order valence-corrected chi connectivity index (χ3v) is 3.82. The molecule has 3 rings (SSSR count). The number of hydrogen-bond acceptors (Lipinski definition) is 8. The normalized spacial score (nSPS) is 14.1. The van der Waals surface area contributed by atoms with Crippen molar-refractivity contribution in [2.24, 2.45) is 5.84 Å². The summed E-state index contributed by atoms with van der Waals surface area (Å²) in [7, 11) is 1.53. The number of nitrogens with one attached hydrogen (secondary N) is 1. The zero-order valence-corrected chi connectivity index (χ0v) is 11.9. The van der Waals surface area contributed by atoms with Gasteiger partial charge in [0.05, 0.1) is 7.11 Å². The molecule has 8 heteroatoms. The van der Waals surface area contributed by atoms with Gasteiger partial charge in [0.2, 0.25) is 11.9 Å². The van der Waals surface area contributed by atoms with Crippen LogP contribution in [0.2, 0.25) is 0 Å². The molecule has 0 aromatic carbocycles. The Balaban J connectivity index is 1.90. The monoisotopic (exact) mass is 292 g/mol. The van der Waals surface area contributed by atoms with Gasteiger partial charge < -0.3 is 9.64 Å². The highest BCUT2D eigenvalue weighted by Gasteiger charge is 2.31. The molecule has 0 aliphatic heterocycles. The summed E-state index contributed by atoms with van der Waals surface area (Å²) in [5.74, 6) is 6.30. The zero-order chi connectivity index (χ0) is 13.9. The molecule has 2 aromatic rings. The first kappa shape index (κ1) is 13.1. The molecule has 0 spiro atoms. The summed E-state index contributed by atoms with van der Waals surface area (Å²) in [6, 6.07) is 2.85. The van der Waals surface area contributed by atoms with Gasteiger partial charge in [-0.05, 0) is 35.2 Å². The summed E-state index contributed by atoms with van der Waals surface area (Å²) in [5, 5.41) is 4.21. The van der Waals surface area contributed by atoms with Gasteiger partial charge in [-0.25, -0.2) is 5.84 Å². The SMILES string of the molecule is COc1nc(NN)nc(N(Cc2ccsc2)C2CC2)n1. The maximum atomic E-state index is 5.40. The number of ether oxygens (including phenoxy) is 1. The summed E-state index contributed by atoms with van der Waals surface area (Å²) in [4.78, 5) is 14.9. The highest BCUT2D eigenvalue weighted by molar-refractivity contribution is 7.07. The molecular weight excluding hydrogens is 276 g/mol. The fraction of sp³-hybridized carbons (Fsp3) is 0.417. The van der Waals surface area contributed by atoms with E-state index in [9.17, 15) is 0 Å². The van der Waals surface area contributed by atoms with Crippen molar-refractivity contribution >= 4 is 23.2 Å². The average Bonchev–Trinajstić information content (AvgIpc) is 3.20. The van der Waals surface area contributed by atoms with Crippen molar-refractivity contribution in [3.8, 4) is 6.01 Å². The van der Waals surface area contributed by atoms with Crippen LogP contribution in [0.4, 0.5) is 11.9 Å². The fourth-order valence-electron chi connectivity index (χ4n) is 1.96. The van der Waals surface area contributed by atoms with Crippen LogP contribution in [0.25, 0.3) is 0 Å². The van der Waals surface area contributed by atoms with Gasteiger partial charge in [-0.3, -0.25) is 5.43 Å². The van der Waals surface area contributed by atoms with Gasteiger partial charge >= 0.3 is 6.01 Å². The lowest BCUT2D eigenvalue weighted by Crippen LogP contribution is -2.28. The van der Waals surface area contributed by atoms with E-state index in [0.29, 0.717) is 17.9 Å². The molecule has 1 aliphatic carbocycles. The summed E-state index contributed by atoms with van der Waals surface area (Å²) in [5.41, 5.74) is 3.70. The predicted molar refractivity (Wildman–Crippen MR) is 77.7 cm³/mol. The number of thiophene rings is 1. The largest absolute Gasteiger partial charge is 0.467 e. The molecule has 7 nitrogen and oxygen atoms in total. The van der Waals surface area contributed by atoms with E-state index in [1.54, 1.807) is 11.3 Å². The van der Waals surface area contributed by atoms with Crippen LogP contribution in [0.15, 0.2) is 16.8 Å². The Labute approximate surface area is 120 Å². The minimum Gasteiger partial charge on any atom is -0.467 e. The molecule has 106 valence electrons. The smallest absolute Gasteiger partial charge is 0.322 e. The van der Waals surface area contributed by atoms with Gasteiger partial charge in [-0.1, -0.05) is 0 Å². The van der Waals surface area contributed by atoms with Crippen molar-refractivity contribution in [1.82, 2.24) is 15.0 Å². The molecule has 0 atom stereocenters. The topological polar surface area (TPSA) is 89.2 Å². The van der Waals surface area contributed by atoms with Gasteiger partial charge in [-0.2, -0.15) is 26.3 Å². The van der Waals surface area contributed by atoms with Gasteiger partial charge in [0.15, 0.2) is 0 Å². The molecule has 0 saturated heterocycles. The summed E-state index contributed by atoms with van der Waals surface area (Å²) in [6.07, 6.45) is 2.31. The van der Waals surface area contributed by atoms with Crippen LogP contribution < -0.4 is 20.9 Å². The van der Waals surface area contributed by atoms with Crippen molar-refractivity contribution in [2.45, 2.75) is 25.4 Å². The Hall–Kier alpha value is -1.93. The van der Waals surface area contributed by atoms with Crippen LogP contribution in [0.3, 0.4) is 0 Å². The maximum absolute atomic E-state index is 5.40. The molecular formula is C12H16N6OS. The first-order valence-corrected chi connectivity index (χ1v) is 7.29. The highest BCUT2D eigenvalue weighted by atomic mass is 32.1. The number of hydrogen-bond donors (Lipinski definition) is 2. The molecule has 20 heavy (non-hydrogen) atoms. The van der Waals surface area contributed by atoms with Crippen molar-refractivity contribution in [3.05, 3.63) is 22.4 Å². The lowest BCUT2D eigenvalue weighted by Gasteiger charge is -2.22. The number of hydrazine groups is 1. The zero-order valence-electron chi connectivity index (χ0n) is 11.1. The third kappa shape index (κ3) is 2.81. The van der Waals surface area contributed by atoms with Crippen molar-refractivity contribution < 1.29 is 4.74 Å². The van der Waals surface area contributed by atoms with Gasteiger partial charge in [0, 0.05) is 12.6 Å². The predicted octanol–water partition coefficient (Wildman–Crippen LogP) is 1.40. The summed E-state index contributed by atoms with van der Waals surface area (Å²) >= 11 is 1.69. The van der Waals surface area contributed by atoms with E-state index >= 15 is 0 Å². The minimum atomic E-state index is 0.263. The molecule has 0 radical (unpaired) electrons. The molecule has 3 N–H and O–H groups in total. The van der Waals surface area contributed by atoms with Crippen molar-refractivity contribution in [2.75, 3.05) is 17.4 Å². The summed E-state index contributed by atoms with van der Waals surface area (Å²) < 4.78 is 5.10. The molecule has 2 aromatic heterocycles. The van der Waals surface area contributed by atoms with Crippen LogP contribution in [0, 0.1) is 0 Å². The highest BCUT2D eigenvalue weighted by Crippen LogP contribution is 2.32. The molecule has 0 unspecified atom stereocenters. The average molecular weight is 292 g/mol. The number of anilines is 2. The minimum absolute atomic E-state index is 0.263. The van der Waals surface area contributed by atoms with E-state index in [0.717, 1.165) is 19.4 Å². The number of rotatable bonds is 6. The van der Waals surface area contributed by atoms with Gasteiger partial charge in [0.25, 0.3) is 0 Å². The lowest BCUT2D eigenvalue weighted by atomic mass is 10.3. The Kier molecular flexibility index (Phi) is 3.66. The van der Waals surface area contributed by atoms with Crippen LogP contribution >= 0.6 is 11.3 Å². The van der Waals surface area contributed by atoms with E-state index in [-0.39, 0.29) is 6.01 Å². The van der Waals surface area contributed by atoms with Crippen LogP contribution in [0.1, 0.15) is 18.4 Å². The molecule has 1 saturated carbocycles. The second-order valence-electron chi connectivity index (χ2n) is 4.58. The number of nitrogens with two attached hydrogens (primary N) is 1. The van der Waals surface area contributed by atoms with Crippen molar-refractivity contribution in [1.29, 1.82) is 0 Å². The van der Waals surface area contributed by atoms with E-state index in [4.69, 9.17) is 10.6 Å². The first-order valence-electron chi connectivity index (χ1n) is 6.34. The van der Waals surface area contributed by atoms with Crippen LogP contribution in [0.5, 0.6) is 6.01 Å². The van der Waals surface area contributed by atoms with Crippen LogP contribution in [-0.4, -0.2) is 28.1 Å². The lowest BCUT2D eigenvalue weighted by molar-refractivity contribution is 0.378. The summed E-state index contributed by atoms with van der Waals surface area (Å²) in [6.45, 7) is 0.783. The number of aromatic nitrogens is 3. The Morgan fingerprint density at radius 1 is 1.45 bits per heavy atom. The third-order valence-electron chi connectivity index (χ3n) is 3.09. The second kappa shape index (κ2) is 5.59. The molecule has 1 fully saturated rings. The molecule has 0 amide bonds. The van der Waals surface area contributed by atoms with Gasteiger partial charge in [-0.15, -0.1) is 0 Å². The number of nitrogen functional groups attached to an aromatic ring is 1. The van der Waals surface area contributed by atoms with Crippen LogP contribution in [-0.2, 0) is 6.54 Å². The standard InChI is InChI=1S/C12H16N6OS/c1-19-12-15-10(17-13)14-11(16-12)18(9-2-3-9)6-8-4-5-20-7-8/h4-5,7,9H,2-3,6,13H2,1H3,(H,14,15,16,17). The second-order valence-corrected chi connectivity index (χ2v) is 5.36. The number of methoxy groups -OCH3 is 1. The van der Waals surface area contributed by atoms with E-state index in [2.05, 4.69) is 42.1 Å². The Morgan fingerprint density at radius 3 is 2.90 bits per heavy atom. The molecule has 0 bridgehead atoms. The maximum Gasteiger partial charge on any atom is 0.322 e. The number of nitrogens with zero attached hydrogens (tertiary/aromatic N) is 4. The molecule has 2 heterocycles. The fourth-order valence-corrected chi connectivity index (χ4v) is 2.62. The Morgan fingerprint density at radius 2 is 2.30 bits per heavy atom. The van der Waals surface area contributed by atoms with E-state index in [1.165, 1.54) is 12.7 Å². The quantitative estimate of drug-likeness (QED) is 0.614. The van der Waals surface area contributed by atoms with E-state index in [1.807, 2.05) is 0 Å².